The molecule has 3 rings (SSSR count). The molecule has 0 fully saturated rings. The van der Waals surface area contributed by atoms with Gasteiger partial charge in [0, 0.05) is 23.3 Å². The summed E-state index contributed by atoms with van der Waals surface area (Å²) in [6.07, 6.45) is 4.73. The van der Waals surface area contributed by atoms with Crippen molar-refractivity contribution in [1.82, 2.24) is 4.98 Å². The van der Waals surface area contributed by atoms with Gasteiger partial charge in [0.25, 0.3) is 0 Å². The number of thiazole rings is 1. The lowest BCUT2D eigenvalue weighted by Gasteiger charge is -2.01. The molecular formula is C16H18N2OS. The van der Waals surface area contributed by atoms with Crippen molar-refractivity contribution in [2.75, 3.05) is 5.32 Å². The molecule has 1 aliphatic rings. The van der Waals surface area contributed by atoms with Crippen molar-refractivity contribution in [3.63, 3.8) is 0 Å². The van der Waals surface area contributed by atoms with E-state index in [4.69, 9.17) is 0 Å². The van der Waals surface area contributed by atoms with Crippen LogP contribution in [0.3, 0.4) is 0 Å². The number of benzene rings is 1. The van der Waals surface area contributed by atoms with E-state index in [1.165, 1.54) is 16.0 Å². The number of fused-ring (bicyclic) bond motifs is 3. The normalized spacial score (nSPS) is 12.1. The van der Waals surface area contributed by atoms with Crippen LogP contribution in [0.4, 0.5) is 5.13 Å². The van der Waals surface area contributed by atoms with Gasteiger partial charge in [-0.05, 0) is 12.0 Å². The largest absolute Gasteiger partial charge is 0.302 e. The van der Waals surface area contributed by atoms with E-state index >= 15 is 0 Å². The first kappa shape index (κ1) is 13.3. The Kier molecular flexibility index (Phi) is 3.83. The molecule has 1 heterocycles. The zero-order chi connectivity index (χ0) is 13.9. The van der Waals surface area contributed by atoms with Gasteiger partial charge in [-0.3, -0.25) is 4.79 Å². The topological polar surface area (TPSA) is 42.0 Å². The van der Waals surface area contributed by atoms with Crippen LogP contribution in [0.5, 0.6) is 0 Å². The molecule has 0 saturated carbocycles. The van der Waals surface area contributed by atoms with Gasteiger partial charge in [-0.25, -0.2) is 4.98 Å². The second-order valence-corrected chi connectivity index (χ2v) is 6.21. The summed E-state index contributed by atoms with van der Waals surface area (Å²) in [6, 6.07) is 8.35. The number of unbranched alkanes of at least 4 members (excludes halogenated alkanes) is 2. The molecule has 2 aromatic rings. The fourth-order valence-corrected chi connectivity index (χ4v) is 3.55. The van der Waals surface area contributed by atoms with E-state index in [2.05, 4.69) is 35.4 Å². The highest BCUT2D eigenvalue weighted by molar-refractivity contribution is 7.16. The van der Waals surface area contributed by atoms with Crippen LogP contribution in [-0.2, 0) is 11.2 Å². The number of rotatable bonds is 5. The van der Waals surface area contributed by atoms with E-state index in [1.807, 2.05) is 6.07 Å². The predicted molar refractivity (Wildman–Crippen MR) is 83.1 cm³/mol. The molecule has 20 heavy (non-hydrogen) atoms. The Balaban J connectivity index is 1.69. The van der Waals surface area contributed by atoms with Crippen LogP contribution in [0.1, 0.15) is 43.0 Å². The van der Waals surface area contributed by atoms with E-state index in [-0.39, 0.29) is 5.91 Å². The summed E-state index contributed by atoms with van der Waals surface area (Å²) in [4.78, 5) is 17.7. The number of carbonyl (C=O) groups is 1. The van der Waals surface area contributed by atoms with Crippen molar-refractivity contribution in [2.24, 2.45) is 0 Å². The van der Waals surface area contributed by atoms with Gasteiger partial charge in [0.2, 0.25) is 5.91 Å². The molecule has 1 N–H and O–H groups in total. The second-order valence-electron chi connectivity index (χ2n) is 5.13. The Hall–Kier alpha value is -1.68. The van der Waals surface area contributed by atoms with Crippen molar-refractivity contribution in [3.05, 3.63) is 34.7 Å². The van der Waals surface area contributed by atoms with E-state index in [9.17, 15) is 4.79 Å². The van der Waals surface area contributed by atoms with E-state index < -0.39 is 0 Å². The fourth-order valence-electron chi connectivity index (χ4n) is 2.53. The Morgan fingerprint density at radius 3 is 3.05 bits per heavy atom. The summed E-state index contributed by atoms with van der Waals surface area (Å²) in [5, 5.41) is 3.67. The Morgan fingerprint density at radius 1 is 1.35 bits per heavy atom. The number of carbonyl (C=O) groups excluding carboxylic acids is 1. The maximum absolute atomic E-state index is 11.8. The van der Waals surface area contributed by atoms with Crippen molar-refractivity contribution >= 4 is 22.4 Å². The Bertz CT molecular complexity index is 633. The zero-order valence-corrected chi connectivity index (χ0v) is 12.4. The molecule has 0 bridgehead atoms. The number of anilines is 1. The Morgan fingerprint density at radius 2 is 2.20 bits per heavy atom. The lowest BCUT2D eigenvalue weighted by atomic mass is 10.1. The molecule has 3 nitrogen and oxygen atoms in total. The number of hydrogen-bond donors (Lipinski definition) is 1. The molecule has 0 spiro atoms. The molecule has 0 aliphatic heterocycles. The number of nitrogens with one attached hydrogen (secondary N) is 1. The van der Waals surface area contributed by atoms with Crippen molar-refractivity contribution in [2.45, 2.75) is 39.0 Å². The number of nitrogens with zero attached hydrogens (tertiary/aromatic N) is 1. The molecule has 0 saturated heterocycles. The van der Waals surface area contributed by atoms with Gasteiger partial charge in [0.05, 0.1) is 5.69 Å². The number of hydrogen-bond acceptors (Lipinski definition) is 3. The molecule has 0 atom stereocenters. The molecular weight excluding hydrogens is 268 g/mol. The first-order chi connectivity index (χ1) is 9.78. The molecule has 1 aromatic heterocycles. The minimum absolute atomic E-state index is 0.0826. The van der Waals surface area contributed by atoms with Crippen LogP contribution < -0.4 is 5.32 Å². The molecule has 0 unspecified atom stereocenters. The van der Waals surface area contributed by atoms with Gasteiger partial charge in [-0.1, -0.05) is 44.0 Å². The highest BCUT2D eigenvalue weighted by atomic mass is 32.1. The third kappa shape index (κ3) is 2.61. The van der Waals surface area contributed by atoms with Crippen LogP contribution in [0, 0.1) is 0 Å². The van der Waals surface area contributed by atoms with Gasteiger partial charge in [0.1, 0.15) is 0 Å². The summed E-state index contributed by atoms with van der Waals surface area (Å²) in [7, 11) is 0. The molecule has 4 heteroatoms. The van der Waals surface area contributed by atoms with E-state index in [1.54, 1.807) is 11.3 Å². The summed E-state index contributed by atoms with van der Waals surface area (Å²) in [5.41, 5.74) is 3.60. The van der Waals surface area contributed by atoms with Gasteiger partial charge in [-0.15, -0.1) is 11.3 Å². The summed E-state index contributed by atoms with van der Waals surface area (Å²) in [6.45, 7) is 2.14. The monoisotopic (exact) mass is 286 g/mol. The molecule has 1 aliphatic carbocycles. The summed E-state index contributed by atoms with van der Waals surface area (Å²) in [5.74, 6) is 0.0826. The summed E-state index contributed by atoms with van der Waals surface area (Å²) < 4.78 is 0. The molecule has 104 valence electrons. The standard InChI is InChI=1S/C16H18N2OS/c1-2-3-4-9-14(19)17-16-18-15-12-8-6-5-7-11(12)10-13(15)20-16/h5-8H,2-4,9-10H2,1H3,(H,17,18,19). The minimum Gasteiger partial charge on any atom is -0.302 e. The second kappa shape index (κ2) is 5.75. The fraction of sp³-hybridized carbons (Fsp3) is 0.375. The first-order valence-corrected chi connectivity index (χ1v) is 7.97. The van der Waals surface area contributed by atoms with Gasteiger partial charge < -0.3 is 5.32 Å². The maximum Gasteiger partial charge on any atom is 0.226 e. The minimum atomic E-state index is 0.0826. The highest BCUT2D eigenvalue weighted by Gasteiger charge is 2.23. The van der Waals surface area contributed by atoms with E-state index in [0.29, 0.717) is 6.42 Å². The average Bonchev–Trinajstić information content (AvgIpc) is 2.96. The molecule has 1 amide bonds. The average molecular weight is 286 g/mol. The molecule has 0 radical (unpaired) electrons. The van der Waals surface area contributed by atoms with Crippen LogP contribution in [-0.4, -0.2) is 10.9 Å². The van der Waals surface area contributed by atoms with Crippen LogP contribution in [0.2, 0.25) is 0 Å². The van der Waals surface area contributed by atoms with Crippen molar-refractivity contribution in [3.8, 4) is 11.3 Å². The van der Waals surface area contributed by atoms with Gasteiger partial charge in [-0.2, -0.15) is 0 Å². The first-order valence-electron chi connectivity index (χ1n) is 7.15. The predicted octanol–water partition coefficient (Wildman–Crippen LogP) is 4.23. The zero-order valence-electron chi connectivity index (χ0n) is 11.6. The van der Waals surface area contributed by atoms with E-state index in [0.717, 1.165) is 36.5 Å². The van der Waals surface area contributed by atoms with Crippen LogP contribution in [0.25, 0.3) is 11.3 Å². The van der Waals surface area contributed by atoms with Crippen LogP contribution in [0.15, 0.2) is 24.3 Å². The van der Waals surface area contributed by atoms with Crippen LogP contribution >= 0.6 is 11.3 Å². The number of amides is 1. The third-order valence-electron chi connectivity index (χ3n) is 3.57. The SMILES string of the molecule is CCCCCC(=O)Nc1nc2c(s1)Cc1ccccc1-2. The van der Waals surface area contributed by atoms with Gasteiger partial charge in [0.15, 0.2) is 5.13 Å². The van der Waals surface area contributed by atoms with Crippen molar-refractivity contribution < 1.29 is 4.79 Å². The lowest BCUT2D eigenvalue weighted by molar-refractivity contribution is -0.116. The summed E-state index contributed by atoms with van der Waals surface area (Å²) >= 11 is 1.60. The Labute approximate surface area is 123 Å². The smallest absolute Gasteiger partial charge is 0.226 e. The van der Waals surface area contributed by atoms with Crippen molar-refractivity contribution in [1.29, 1.82) is 0 Å². The maximum atomic E-state index is 11.8. The van der Waals surface area contributed by atoms with Gasteiger partial charge >= 0.3 is 0 Å². The lowest BCUT2D eigenvalue weighted by Crippen LogP contribution is -2.10. The third-order valence-corrected chi connectivity index (χ3v) is 4.55. The highest BCUT2D eigenvalue weighted by Crippen LogP contribution is 2.40. The molecule has 1 aromatic carbocycles. The quantitative estimate of drug-likeness (QED) is 0.713. The number of aromatic nitrogens is 1.